The van der Waals surface area contributed by atoms with Gasteiger partial charge in [0.1, 0.15) is 5.75 Å². The van der Waals surface area contributed by atoms with Gasteiger partial charge in [0.05, 0.1) is 17.6 Å². The van der Waals surface area contributed by atoms with Crippen molar-refractivity contribution in [2.75, 3.05) is 38.1 Å². The summed E-state index contributed by atoms with van der Waals surface area (Å²) in [5.74, 6) is 0.551. The summed E-state index contributed by atoms with van der Waals surface area (Å²) < 4.78 is 5.51. The number of nitro benzene ring substituents is 1. The molecule has 0 aromatic heterocycles. The molecule has 1 aliphatic rings. The number of ether oxygens (including phenoxy) is 1. The molecule has 0 saturated carbocycles. The number of nitro groups is 1. The van der Waals surface area contributed by atoms with Crippen molar-refractivity contribution >= 4 is 11.4 Å². The fraction of sp³-hybridized carbons (Fsp3) is 0.600. The molecule has 1 fully saturated rings. The second-order valence-electron chi connectivity index (χ2n) is 5.30. The van der Waals surface area contributed by atoms with Crippen LogP contribution >= 0.6 is 0 Å². The van der Waals surface area contributed by atoms with Crippen molar-refractivity contribution in [1.82, 2.24) is 4.90 Å². The molecule has 0 radical (unpaired) electrons. The highest BCUT2D eigenvalue weighted by Crippen LogP contribution is 2.26. The molecule has 0 atom stereocenters. The molecule has 6 heteroatoms. The Kier molecular flexibility index (Phi) is 5.80. The van der Waals surface area contributed by atoms with Gasteiger partial charge in [0, 0.05) is 30.9 Å². The maximum atomic E-state index is 11.0. The third-order valence-electron chi connectivity index (χ3n) is 3.53. The molecule has 2 rings (SSSR count). The molecule has 116 valence electrons. The summed E-state index contributed by atoms with van der Waals surface area (Å²) in [4.78, 5) is 13.0. The first kappa shape index (κ1) is 15.6. The Morgan fingerprint density at radius 2 is 2.10 bits per heavy atom. The smallest absolute Gasteiger partial charge is 0.275 e. The predicted octanol–water partition coefficient (Wildman–Crippen LogP) is 2.89. The van der Waals surface area contributed by atoms with Crippen molar-refractivity contribution in [2.45, 2.75) is 26.2 Å². The van der Waals surface area contributed by atoms with Gasteiger partial charge >= 0.3 is 0 Å². The zero-order chi connectivity index (χ0) is 15.1. The molecule has 6 nitrogen and oxygen atoms in total. The number of anilines is 1. The van der Waals surface area contributed by atoms with Crippen LogP contribution in [0.25, 0.3) is 0 Å². The first-order valence-corrected chi connectivity index (χ1v) is 7.57. The molecule has 1 N–H and O–H groups in total. The topological polar surface area (TPSA) is 67.6 Å². The van der Waals surface area contributed by atoms with Gasteiger partial charge < -0.3 is 15.0 Å². The average Bonchev–Trinajstić information content (AvgIpc) is 2.98. The lowest BCUT2D eigenvalue weighted by atomic mass is 10.2. The van der Waals surface area contributed by atoms with E-state index in [0.29, 0.717) is 12.4 Å². The van der Waals surface area contributed by atoms with Crippen LogP contribution in [0.15, 0.2) is 18.2 Å². The van der Waals surface area contributed by atoms with Gasteiger partial charge in [0.15, 0.2) is 0 Å². The SMILES string of the molecule is CCCOc1cc(NCCN2CCCC2)cc([N+](=O)[O-])c1. The Hall–Kier alpha value is -1.82. The van der Waals surface area contributed by atoms with Gasteiger partial charge in [-0.1, -0.05) is 6.92 Å². The molecule has 1 saturated heterocycles. The van der Waals surface area contributed by atoms with Crippen molar-refractivity contribution in [2.24, 2.45) is 0 Å². The first-order valence-electron chi connectivity index (χ1n) is 7.57. The van der Waals surface area contributed by atoms with Gasteiger partial charge in [-0.25, -0.2) is 0 Å². The molecule has 0 amide bonds. The van der Waals surface area contributed by atoms with Crippen molar-refractivity contribution in [3.8, 4) is 5.75 Å². The standard InChI is InChI=1S/C15H23N3O3/c1-2-9-21-15-11-13(10-14(12-15)18(19)20)16-5-8-17-6-3-4-7-17/h10-12,16H,2-9H2,1H3. The number of likely N-dealkylation sites (tertiary alicyclic amines) is 1. The summed E-state index contributed by atoms with van der Waals surface area (Å²) in [7, 11) is 0. The van der Waals surface area contributed by atoms with Crippen molar-refractivity contribution < 1.29 is 9.66 Å². The first-order chi connectivity index (χ1) is 10.2. The third kappa shape index (κ3) is 4.90. The Morgan fingerprint density at radius 3 is 2.76 bits per heavy atom. The highest BCUT2D eigenvalue weighted by molar-refractivity contribution is 5.56. The number of nitrogens with one attached hydrogen (secondary N) is 1. The molecule has 0 aliphatic carbocycles. The minimum absolute atomic E-state index is 0.0623. The Labute approximate surface area is 125 Å². The van der Waals surface area contributed by atoms with Gasteiger partial charge in [0.25, 0.3) is 5.69 Å². The minimum Gasteiger partial charge on any atom is -0.493 e. The molecular weight excluding hydrogens is 270 g/mol. The second kappa shape index (κ2) is 7.83. The van der Waals surface area contributed by atoms with E-state index in [1.807, 2.05) is 13.0 Å². The van der Waals surface area contributed by atoms with Gasteiger partial charge in [-0.05, 0) is 32.4 Å². The Bertz CT molecular complexity index is 473. The average molecular weight is 293 g/mol. The van der Waals surface area contributed by atoms with E-state index in [4.69, 9.17) is 4.74 Å². The van der Waals surface area contributed by atoms with Crippen LogP contribution in [0.2, 0.25) is 0 Å². The largest absolute Gasteiger partial charge is 0.493 e. The summed E-state index contributed by atoms with van der Waals surface area (Å²) in [6.45, 7) is 6.63. The van der Waals surface area contributed by atoms with Gasteiger partial charge in [0.2, 0.25) is 0 Å². The number of nitrogens with zero attached hydrogens (tertiary/aromatic N) is 2. The fourth-order valence-electron chi connectivity index (χ4n) is 2.46. The molecule has 0 bridgehead atoms. The van der Waals surface area contributed by atoms with E-state index < -0.39 is 0 Å². The maximum absolute atomic E-state index is 11.0. The normalized spacial score (nSPS) is 15.1. The van der Waals surface area contributed by atoms with E-state index in [0.717, 1.165) is 38.3 Å². The summed E-state index contributed by atoms with van der Waals surface area (Å²) in [5.41, 5.74) is 0.807. The minimum atomic E-state index is -0.384. The van der Waals surface area contributed by atoms with Crippen LogP contribution in [0.5, 0.6) is 5.75 Å². The van der Waals surface area contributed by atoms with Crippen molar-refractivity contribution in [3.63, 3.8) is 0 Å². The third-order valence-corrected chi connectivity index (χ3v) is 3.53. The lowest BCUT2D eigenvalue weighted by Gasteiger charge is -2.15. The van der Waals surface area contributed by atoms with E-state index in [2.05, 4.69) is 10.2 Å². The van der Waals surface area contributed by atoms with Gasteiger partial charge in [-0.2, -0.15) is 0 Å². The predicted molar refractivity (Wildman–Crippen MR) is 83.0 cm³/mol. The number of hydrogen-bond acceptors (Lipinski definition) is 5. The molecule has 1 heterocycles. The number of benzene rings is 1. The quantitative estimate of drug-likeness (QED) is 0.589. The fourth-order valence-corrected chi connectivity index (χ4v) is 2.46. The zero-order valence-electron chi connectivity index (χ0n) is 12.5. The lowest BCUT2D eigenvalue weighted by molar-refractivity contribution is -0.384. The van der Waals surface area contributed by atoms with E-state index in [1.54, 1.807) is 6.07 Å². The number of hydrogen-bond donors (Lipinski definition) is 1. The van der Waals surface area contributed by atoms with Crippen molar-refractivity contribution in [3.05, 3.63) is 28.3 Å². The summed E-state index contributed by atoms with van der Waals surface area (Å²) in [6, 6.07) is 4.86. The summed E-state index contributed by atoms with van der Waals surface area (Å²) in [5, 5.41) is 14.2. The maximum Gasteiger partial charge on any atom is 0.275 e. The van der Waals surface area contributed by atoms with Gasteiger partial charge in [-0.15, -0.1) is 0 Å². The summed E-state index contributed by atoms with van der Waals surface area (Å²) in [6.07, 6.45) is 3.41. The van der Waals surface area contributed by atoms with Crippen molar-refractivity contribution in [1.29, 1.82) is 0 Å². The molecule has 1 aromatic carbocycles. The van der Waals surface area contributed by atoms with Gasteiger partial charge in [-0.3, -0.25) is 10.1 Å². The van der Waals surface area contributed by atoms with E-state index in [-0.39, 0.29) is 10.6 Å². The molecule has 1 aromatic rings. The van der Waals surface area contributed by atoms with Crippen LogP contribution in [0.3, 0.4) is 0 Å². The molecular formula is C15H23N3O3. The number of rotatable bonds is 8. The molecule has 21 heavy (non-hydrogen) atoms. The van der Waals surface area contributed by atoms with Crippen LogP contribution in [0.4, 0.5) is 11.4 Å². The zero-order valence-corrected chi connectivity index (χ0v) is 12.5. The Balaban J connectivity index is 1.95. The lowest BCUT2D eigenvalue weighted by Crippen LogP contribution is -2.25. The van der Waals surface area contributed by atoms with Crippen LogP contribution in [-0.4, -0.2) is 42.6 Å². The van der Waals surface area contributed by atoms with Crippen LogP contribution in [0, 0.1) is 10.1 Å². The summed E-state index contributed by atoms with van der Waals surface area (Å²) >= 11 is 0. The monoisotopic (exact) mass is 293 g/mol. The highest BCUT2D eigenvalue weighted by Gasteiger charge is 2.12. The van der Waals surface area contributed by atoms with E-state index in [9.17, 15) is 10.1 Å². The van der Waals surface area contributed by atoms with Crippen LogP contribution in [0.1, 0.15) is 26.2 Å². The molecule has 1 aliphatic heterocycles. The van der Waals surface area contributed by atoms with E-state index >= 15 is 0 Å². The van der Waals surface area contributed by atoms with Crippen LogP contribution in [-0.2, 0) is 0 Å². The molecule has 0 unspecified atom stereocenters. The number of non-ortho nitro benzene ring substituents is 1. The highest BCUT2D eigenvalue weighted by atomic mass is 16.6. The van der Waals surface area contributed by atoms with Crippen LogP contribution < -0.4 is 10.1 Å². The molecule has 0 spiro atoms. The van der Waals surface area contributed by atoms with E-state index in [1.165, 1.54) is 18.9 Å². The second-order valence-corrected chi connectivity index (χ2v) is 5.30. The Morgan fingerprint density at radius 1 is 1.33 bits per heavy atom.